The first-order valence-corrected chi connectivity index (χ1v) is 7.50. The van der Waals surface area contributed by atoms with Crippen LogP contribution in [0, 0.1) is 11.2 Å². The fourth-order valence-corrected chi connectivity index (χ4v) is 2.37. The number of rotatable bonds is 5. The molecule has 5 N–H and O–H groups in total. The Labute approximate surface area is 150 Å². The molecule has 0 aliphatic rings. The molecule has 0 saturated heterocycles. The Morgan fingerprint density at radius 3 is 2.46 bits per heavy atom. The Balaban J connectivity index is 2.39. The van der Waals surface area contributed by atoms with Gasteiger partial charge in [0.15, 0.2) is 0 Å². The van der Waals surface area contributed by atoms with Gasteiger partial charge in [0.1, 0.15) is 11.5 Å². The van der Waals surface area contributed by atoms with Crippen molar-refractivity contribution < 1.29 is 22.4 Å². The van der Waals surface area contributed by atoms with E-state index in [1.807, 2.05) is 0 Å². The molecule has 2 aromatic carbocycles. The third-order valence-electron chi connectivity index (χ3n) is 3.46. The Hall–Kier alpha value is -2.65. The topological polar surface area (TPSA) is 91.0 Å². The first-order chi connectivity index (χ1) is 12.1. The fraction of sp³-hybridized carbons (Fsp3) is 0.125. The van der Waals surface area contributed by atoms with Gasteiger partial charge in [-0.15, -0.1) is 0 Å². The number of carbonyl (C=O) groups excluding carboxylic acids is 1. The lowest BCUT2D eigenvalue weighted by Crippen LogP contribution is -2.36. The number of anilines is 1. The van der Waals surface area contributed by atoms with Gasteiger partial charge >= 0.3 is 6.18 Å². The van der Waals surface area contributed by atoms with Crippen LogP contribution in [0.1, 0.15) is 16.7 Å². The molecular weight excluding hydrogens is 376 g/mol. The summed E-state index contributed by atoms with van der Waals surface area (Å²) in [5.41, 5.74) is 0.390. The summed E-state index contributed by atoms with van der Waals surface area (Å²) < 4.78 is 51.9. The van der Waals surface area contributed by atoms with E-state index < -0.39 is 29.2 Å². The first kappa shape index (κ1) is 19.7. The molecule has 0 atom stereocenters. The minimum atomic E-state index is -4.61. The van der Waals surface area contributed by atoms with Gasteiger partial charge in [-0.25, -0.2) is 10.2 Å². The summed E-state index contributed by atoms with van der Waals surface area (Å²) in [6, 6.07) is 6.11. The van der Waals surface area contributed by atoms with Gasteiger partial charge in [0.25, 0.3) is 5.91 Å². The molecule has 10 heteroatoms. The minimum Gasteiger partial charge on any atom is -0.380 e. The third kappa shape index (κ3) is 4.50. The van der Waals surface area contributed by atoms with E-state index in [-0.39, 0.29) is 22.8 Å². The zero-order valence-corrected chi connectivity index (χ0v) is 13.8. The summed E-state index contributed by atoms with van der Waals surface area (Å²) in [5.74, 6) is 3.44. The highest BCUT2D eigenvalue weighted by Gasteiger charge is 2.31. The molecule has 26 heavy (non-hydrogen) atoms. The Morgan fingerprint density at radius 2 is 1.88 bits per heavy atom. The summed E-state index contributed by atoms with van der Waals surface area (Å²) in [7, 11) is 0. The second-order valence-corrected chi connectivity index (χ2v) is 5.60. The lowest BCUT2D eigenvalue weighted by molar-refractivity contribution is -0.137. The third-order valence-corrected chi connectivity index (χ3v) is 3.81. The summed E-state index contributed by atoms with van der Waals surface area (Å²) in [6.45, 7) is -0.0506. The smallest absolute Gasteiger partial charge is 0.380 e. The number of carbonyl (C=O) groups is 1. The van der Waals surface area contributed by atoms with Crippen molar-refractivity contribution in [2.75, 3.05) is 5.32 Å². The number of amides is 1. The van der Waals surface area contributed by atoms with Crippen LogP contribution >= 0.6 is 11.6 Å². The van der Waals surface area contributed by atoms with E-state index in [0.717, 1.165) is 30.3 Å². The van der Waals surface area contributed by atoms with E-state index >= 15 is 0 Å². The van der Waals surface area contributed by atoms with Crippen LogP contribution in [-0.4, -0.2) is 11.6 Å². The summed E-state index contributed by atoms with van der Waals surface area (Å²) >= 11 is 5.89. The normalized spacial score (nSPS) is 11.2. The zero-order valence-electron chi connectivity index (χ0n) is 13.0. The molecule has 0 radical (unpaired) electrons. The van der Waals surface area contributed by atoms with E-state index in [4.69, 9.17) is 22.9 Å². The molecule has 0 aliphatic carbocycles. The van der Waals surface area contributed by atoms with Crippen molar-refractivity contribution in [3.63, 3.8) is 0 Å². The van der Waals surface area contributed by atoms with Crippen LogP contribution in [0.2, 0.25) is 5.02 Å². The number of hydrogen-bond acceptors (Lipinski definition) is 4. The molecule has 0 saturated carbocycles. The highest BCUT2D eigenvalue weighted by molar-refractivity contribution is 6.45. The lowest BCUT2D eigenvalue weighted by atomic mass is 10.0. The summed E-state index contributed by atoms with van der Waals surface area (Å²) in [6.07, 6.45) is -4.61. The van der Waals surface area contributed by atoms with Crippen LogP contribution in [0.4, 0.5) is 23.2 Å². The standard InChI is InChI=1S/C16H13ClF4N4O/c17-12-6-10(18)3-1-8(12)7-24-13-5-9(16(19,20)21)2-4-11(13)14(22)15(26)25-23/h1-6,22,24H,7,23H2,(H,25,26). The number of halogens is 5. The van der Waals surface area contributed by atoms with Crippen molar-refractivity contribution in [1.29, 1.82) is 5.41 Å². The van der Waals surface area contributed by atoms with Crippen molar-refractivity contribution in [2.24, 2.45) is 5.84 Å². The maximum atomic E-state index is 13.1. The van der Waals surface area contributed by atoms with Gasteiger partial charge in [0, 0.05) is 22.8 Å². The predicted molar refractivity (Wildman–Crippen MR) is 89.3 cm³/mol. The van der Waals surface area contributed by atoms with Crippen molar-refractivity contribution in [1.82, 2.24) is 5.43 Å². The van der Waals surface area contributed by atoms with Crippen molar-refractivity contribution >= 4 is 28.9 Å². The fourth-order valence-electron chi connectivity index (χ4n) is 2.13. The largest absolute Gasteiger partial charge is 0.416 e. The Morgan fingerprint density at radius 1 is 1.19 bits per heavy atom. The average Bonchev–Trinajstić information content (AvgIpc) is 2.58. The SMILES string of the molecule is N=C(C(=O)NN)c1ccc(C(F)(F)F)cc1NCc1ccc(F)cc1Cl. The number of hydrogen-bond donors (Lipinski definition) is 4. The molecule has 0 aliphatic heterocycles. The van der Waals surface area contributed by atoms with Gasteiger partial charge in [0.2, 0.25) is 0 Å². The molecule has 138 valence electrons. The Kier molecular flexibility index (Phi) is 5.83. The molecule has 1 amide bonds. The van der Waals surface area contributed by atoms with E-state index in [0.29, 0.717) is 5.56 Å². The number of nitrogens with one attached hydrogen (secondary N) is 3. The molecule has 0 fully saturated rings. The molecule has 0 unspecified atom stereocenters. The maximum absolute atomic E-state index is 13.1. The van der Waals surface area contributed by atoms with Gasteiger partial charge in [0.05, 0.1) is 5.56 Å². The monoisotopic (exact) mass is 388 g/mol. The predicted octanol–water partition coefficient (Wildman–Crippen LogP) is 3.47. The quantitative estimate of drug-likeness (QED) is 0.208. The Bertz CT molecular complexity index is 855. The summed E-state index contributed by atoms with van der Waals surface area (Å²) in [5, 5.41) is 10.5. The zero-order chi connectivity index (χ0) is 19.5. The van der Waals surface area contributed by atoms with Crippen molar-refractivity contribution in [2.45, 2.75) is 12.7 Å². The molecule has 0 aromatic heterocycles. The van der Waals surface area contributed by atoms with Crippen LogP contribution in [0.3, 0.4) is 0 Å². The van der Waals surface area contributed by atoms with Crippen LogP contribution in [0.5, 0.6) is 0 Å². The van der Waals surface area contributed by atoms with E-state index in [1.54, 1.807) is 5.43 Å². The van der Waals surface area contributed by atoms with Crippen LogP contribution in [0.25, 0.3) is 0 Å². The molecule has 2 rings (SSSR count). The summed E-state index contributed by atoms with van der Waals surface area (Å²) in [4.78, 5) is 11.5. The number of hydrazine groups is 1. The maximum Gasteiger partial charge on any atom is 0.416 e. The molecular formula is C16H13ClF4N4O. The minimum absolute atomic E-state index is 0.0506. The number of benzene rings is 2. The molecule has 0 spiro atoms. The second-order valence-electron chi connectivity index (χ2n) is 5.20. The molecule has 0 heterocycles. The van der Waals surface area contributed by atoms with Gasteiger partial charge in [-0.3, -0.25) is 15.6 Å². The average molecular weight is 389 g/mol. The van der Waals surface area contributed by atoms with Gasteiger partial charge in [-0.2, -0.15) is 13.2 Å². The van der Waals surface area contributed by atoms with Gasteiger partial charge in [-0.1, -0.05) is 17.7 Å². The van der Waals surface area contributed by atoms with Crippen LogP contribution in [-0.2, 0) is 17.5 Å². The van der Waals surface area contributed by atoms with Gasteiger partial charge < -0.3 is 5.32 Å². The van der Waals surface area contributed by atoms with E-state index in [9.17, 15) is 22.4 Å². The van der Waals surface area contributed by atoms with Crippen molar-refractivity contribution in [3.8, 4) is 0 Å². The second kappa shape index (κ2) is 7.71. The van der Waals surface area contributed by atoms with Crippen LogP contribution in [0.15, 0.2) is 36.4 Å². The lowest BCUT2D eigenvalue weighted by Gasteiger charge is -2.16. The molecule has 5 nitrogen and oxygen atoms in total. The van der Waals surface area contributed by atoms with Crippen LogP contribution < -0.4 is 16.6 Å². The number of alkyl halides is 3. The van der Waals surface area contributed by atoms with Crippen molar-refractivity contribution in [3.05, 3.63) is 63.9 Å². The highest BCUT2D eigenvalue weighted by Crippen LogP contribution is 2.33. The van der Waals surface area contributed by atoms with E-state index in [1.165, 1.54) is 6.07 Å². The van der Waals surface area contributed by atoms with Gasteiger partial charge in [-0.05, 0) is 35.9 Å². The number of nitrogens with two attached hydrogens (primary N) is 1. The van der Waals surface area contributed by atoms with E-state index in [2.05, 4.69) is 5.32 Å². The molecule has 0 bridgehead atoms. The first-order valence-electron chi connectivity index (χ1n) is 7.12. The molecule has 2 aromatic rings. The highest BCUT2D eigenvalue weighted by atomic mass is 35.5.